The van der Waals surface area contributed by atoms with E-state index in [0.717, 1.165) is 6.07 Å². The molecule has 1 aromatic heterocycles. The fraction of sp³-hybridized carbons (Fsp3) is 0.429. The first-order valence-electron chi connectivity index (χ1n) is 6.61. The average molecular weight is 328 g/mol. The Bertz CT molecular complexity index is 688. The van der Waals surface area contributed by atoms with Crippen LogP contribution < -0.4 is 10.2 Å². The summed E-state index contributed by atoms with van der Waals surface area (Å²) < 4.78 is 9.97. The SMILES string of the molecule is CCc1cc(=O)c(OC(=O)CC(O)(CC(=O)O)C(=O)O)c(C)o1. The third-order valence-electron chi connectivity index (χ3n) is 2.96. The van der Waals surface area contributed by atoms with Crippen LogP contribution in [0, 0.1) is 6.92 Å². The summed E-state index contributed by atoms with van der Waals surface area (Å²) in [4.78, 5) is 45.1. The quantitative estimate of drug-likeness (QED) is 0.591. The number of aliphatic hydroxyl groups is 1. The monoisotopic (exact) mass is 328 g/mol. The highest BCUT2D eigenvalue weighted by Crippen LogP contribution is 2.20. The minimum atomic E-state index is -2.83. The molecule has 0 aliphatic rings. The number of carbonyl (C=O) groups is 3. The largest absolute Gasteiger partial charge is 0.481 e. The molecular weight excluding hydrogens is 312 g/mol. The summed E-state index contributed by atoms with van der Waals surface area (Å²) in [5.41, 5.74) is -3.48. The number of aryl methyl sites for hydroxylation is 2. The normalized spacial score (nSPS) is 13.2. The standard InChI is InChI=1S/C14H16O9/c1-3-8-4-9(15)12(7(2)22-8)23-11(18)6-14(21,13(19)20)5-10(16)17/h4,21H,3,5-6H2,1-2H3,(H,16,17)(H,19,20). The van der Waals surface area contributed by atoms with Crippen LogP contribution in [-0.2, 0) is 20.8 Å². The lowest BCUT2D eigenvalue weighted by atomic mass is 9.96. The molecule has 0 bridgehead atoms. The topological polar surface area (TPSA) is 151 Å². The van der Waals surface area contributed by atoms with Crippen LogP contribution in [0.3, 0.4) is 0 Å². The Morgan fingerprint density at radius 1 is 1.26 bits per heavy atom. The number of hydrogen-bond donors (Lipinski definition) is 3. The fourth-order valence-corrected chi connectivity index (χ4v) is 1.81. The van der Waals surface area contributed by atoms with Gasteiger partial charge in [0.05, 0.1) is 12.8 Å². The molecule has 126 valence electrons. The van der Waals surface area contributed by atoms with Crippen molar-refractivity contribution in [2.24, 2.45) is 0 Å². The number of aliphatic carboxylic acids is 2. The van der Waals surface area contributed by atoms with Crippen molar-refractivity contribution in [2.75, 3.05) is 0 Å². The second-order valence-electron chi connectivity index (χ2n) is 4.87. The maximum Gasteiger partial charge on any atom is 0.336 e. The Balaban J connectivity index is 2.98. The van der Waals surface area contributed by atoms with Crippen LogP contribution in [-0.4, -0.2) is 38.8 Å². The summed E-state index contributed by atoms with van der Waals surface area (Å²) in [5, 5.41) is 27.2. The van der Waals surface area contributed by atoms with Gasteiger partial charge in [0, 0.05) is 12.5 Å². The maximum atomic E-state index is 11.8. The van der Waals surface area contributed by atoms with Gasteiger partial charge >= 0.3 is 17.9 Å². The number of esters is 1. The highest BCUT2D eigenvalue weighted by Gasteiger charge is 2.41. The fourth-order valence-electron chi connectivity index (χ4n) is 1.81. The highest BCUT2D eigenvalue weighted by molar-refractivity contribution is 5.89. The van der Waals surface area contributed by atoms with Crippen molar-refractivity contribution < 1.29 is 38.9 Å². The van der Waals surface area contributed by atoms with Gasteiger partial charge in [-0.05, 0) is 6.92 Å². The van der Waals surface area contributed by atoms with Crippen molar-refractivity contribution in [3.63, 3.8) is 0 Å². The van der Waals surface area contributed by atoms with Crippen molar-refractivity contribution in [1.82, 2.24) is 0 Å². The number of carbonyl (C=O) groups excluding carboxylic acids is 1. The van der Waals surface area contributed by atoms with Gasteiger partial charge in [0.1, 0.15) is 11.5 Å². The number of rotatable bonds is 7. The van der Waals surface area contributed by atoms with E-state index in [2.05, 4.69) is 0 Å². The van der Waals surface area contributed by atoms with E-state index in [0.29, 0.717) is 12.2 Å². The molecule has 0 aromatic carbocycles. The molecule has 1 atom stereocenters. The first kappa shape index (κ1) is 18.4. The molecule has 0 radical (unpaired) electrons. The van der Waals surface area contributed by atoms with E-state index in [-0.39, 0.29) is 5.76 Å². The molecule has 23 heavy (non-hydrogen) atoms. The molecule has 0 saturated heterocycles. The third kappa shape index (κ3) is 4.65. The van der Waals surface area contributed by atoms with Gasteiger partial charge in [-0.15, -0.1) is 0 Å². The average Bonchev–Trinajstić information content (AvgIpc) is 2.41. The van der Waals surface area contributed by atoms with Crippen LogP contribution in [0.25, 0.3) is 0 Å². The van der Waals surface area contributed by atoms with E-state index in [1.54, 1.807) is 6.92 Å². The molecule has 9 heteroatoms. The van der Waals surface area contributed by atoms with Crippen LogP contribution in [0.2, 0.25) is 0 Å². The number of carboxylic acid groups (broad SMARTS) is 2. The van der Waals surface area contributed by atoms with E-state index in [9.17, 15) is 24.3 Å². The summed E-state index contributed by atoms with van der Waals surface area (Å²) in [6, 6.07) is 1.12. The van der Waals surface area contributed by atoms with Crippen molar-refractivity contribution in [2.45, 2.75) is 38.7 Å². The third-order valence-corrected chi connectivity index (χ3v) is 2.96. The maximum absolute atomic E-state index is 11.8. The molecule has 0 fully saturated rings. The smallest absolute Gasteiger partial charge is 0.336 e. The molecule has 0 aliphatic heterocycles. The Morgan fingerprint density at radius 2 is 1.87 bits per heavy atom. The molecule has 0 amide bonds. The zero-order chi connectivity index (χ0) is 17.8. The minimum absolute atomic E-state index is 0.0137. The van der Waals surface area contributed by atoms with Gasteiger partial charge in [-0.2, -0.15) is 0 Å². The summed E-state index contributed by atoms with van der Waals surface area (Å²) in [6.07, 6.45) is -1.88. The molecule has 9 nitrogen and oxygen atoms in total. The van der Waals surface area contributed by atoms with Crippen molar-refractivity contribution >= 4 is 17.9 Å². The Hall–Kier alpha value is -2.68. The number of carboxylic acids is 2. The number of hydrogen-bond acceptors (Lipinski definition) is 7. The van der Waals surface area contributed by atoms with Crippen LogP contribution in [0.4, 0.5) is 0 Å². The Morgan fingerprint density at radius 3 is 2.30 bits per heavy atom. The second kappa shape index (κ2) is 7.05. The Labute approximate surface area is 130 Å². The number of ether oxygens (including phenoxy) is 1. The van der Waals surface area contributed by atoms with Gasteiger partial charge in [0.25, 0.3) is 0 Å². The lowest BCUT2D eigenvalue weighted by Gasteiger charge is -2.20. The highest BCUT2D eigenvalue weighted by atomic mass is 16.5. The predicted octanol–water partition coefficient (Wildman–Crippen LogP) is 0.0965. The van der Waals surface area contributed by atoms with Crippen molar-refractivity contribution in [3.8, 4) is 5.75 Å². The van der Waals surface area contributed by atoms with Crippen LogP contribution in [0.5, 0.6) is 5.75 Å². The first-order valence-corrected chi connectivity index (χ1v) is 6.61. The van der Waals surface area contributed by atoms with E-state index >= 15 is 0 Å². The van der Waals surface area contributed by atoms with Gasteiger partial charge < -0.3 is 24.5 Å². The van der Waals surface area contributed by atoms with Gasteiger partial charge in [0.2, 0.25) is 11.2 Å². The molecule has 1 rings (SSSR count). The van der Waals surface area contributed by atoms with E-state index in [1.807, 2.05) is 0 Å². The zero-order valence-corrected chi connectivity index (χ0v) is 12.5. The van der Waals surface area contributed by atoms with Crippen molar-refractivity contribution in [3.05, 3.63) is 27.8 Å². The molecule has 0 saturated carbocycles. The van der Waals surface area contributed by atoms with Gasteiger partial charge in [-0.25, -0.2) is 4.79 Å². The second-order valence-corrected chi connectivity index (χ2v) is 4.87. The summed E-state index contributed by atoms with van der Waals surface area (Å²) in [6.45, 7) is 3.13. The molecule has 1 aromatic rings. The summed E-state index contributed by atoms with van der Waals surface area (Å²) >= 11 is 0. The lowest BCUT2D eigenvalue weighted by molar-refractivity contribution is -0.169. The molecule has 1 heterocycles. The lowest BCUT2D eigenvalue weighted by Crippen LogP contribution is -2.43. The van der Waals surface area contributed by atoms with Gasteiger partial charge in [-0.3, -0.25) is 14.4 Å². The molecule has 0 aliphatic carbocycles. The molecule has 3 N–H and O–H groups in total. The van der Waals surface area contributed by atoms with Crippen molar-refractivity contribution in [1.29, 1.82) is 0 Å². The Kier molecular flexibility index (Phi) is 5.63. The summed E-state index contributed by atoms with van der Waals surface area (Å²) in [7, 11) is 0. The predicted molar refractivity (Wildman–Crippen MR) is 74.2 cm³/mol. The van der Waals surface area contributed by atoms with E-state index in [1.165, 1.54) is 6.92 Å². The molecular formula is C14H16O9. The van der Waals surface area contributed by atoms with Gasteiger partial charge in [0.15, 0.2) is 5.60 Å². The minimum Gasteiger partial charge on any atom is -0.481 e. The zero-order valence-electron chi connectivity index (χ0n) is 12.5. The van der Waals surface area contributed by atoms with Gasteiger partial charge in [-0.1, -0.05) is 6.92 Å². The molecule has 1 unspecified atom stereocenters. The van der Waals surface area contributed by atoms with E-state index < -0.39 is 47.5 Å². The van der Waals surface area contributed by atoms with Crippen LogP contribution >= 0.6 is 0 Å². The van der Waals surface area contributed by atoms with Crippen LogP contribution in [0.1, 0.15) is 31.3 Å². The van der Waals surface area contributed by atoms with Crippen LogP contribution in [0.15, 0.2) is 15.3 Å². The first-order chi connectivity index (χ1) is 10.6. The summed E-state index contributed by atoms with van der Waals surface area (Å²) in [5.74, 6) is -4.81. The van der Waals surface area contributed by atoms with E-state index in [4.69, 9.17) is 19.4 Å². The molecule has 0 spiro atoms.